The number of aromatic nitrogens is 2. The summed E-state index contributed by atoms with van der Waals surface area (Å²) in [6.07, 6.45) is 5.31. The van der Waals surface area contributed by atoms with Gasteiger partial charge in [0.25, 0.3) is 0 Å². The van der Waals surface area contributed by atoms with Gasteiger partial charge in [0.05, 0.1) is 12.6 Å². The highest BCUT2D eigenvalue weighted by atomic mass is 16.5. The summed E-state index contributed by atoms with van der Waals surface area (Å²) in [6, 6.07) is 9.74. The van der Waals surface area contributed by atoms with Gasteiger partial charge >= 0.3 is 5.76 Å². The van der Waals surface area contributed by atoms with E-state index in [1.54, 1.807) is 6.08 Å². The van der Waals surface area contributed by atoms with Gasteiger partial charge in [0.2, 0.25) is 0 Å². The summed E-state index contributed by atoms with van der Waals surface area (Å²) in [5.41, 5.74) is 1.01. The first kappa shape index (κ1) is 15.7. The van der Waals surface area contributed by atoms with Gasteiger partial charge in [-0.2, -0.15) is 0 Å². The molecular weight excluding hydrogens is 294 g/mol. The molecule has 1 aromatic heterocycles. The van der Waals surface area contributed by atoms with E-state index in [1.165, 1.54) is 17.4 Å². The van der Waals surface area contributed by atoms with Crippen LogP contribution >= 0.6 is 0 Å². The maximum absolute atomic E-state index is 11.8. The molecular formula is C17H21N3O3. The molecule has 0 amide bonds. The molecule has 1 aliphatic rings. The van der Waals surface area contributed by atoms with Crippen molar-refractivity contribution in [3.8, 4) is 0 Å². The molecule has 0 saturated carbocycles. The highest BCUT2D eigenvalue weighted by Crippen LogP contribution is 2.09. The Kier molecular flexibility index (Phi) is 5.05. The van der Waals surface area contributed by atoms with Gasteiger partial charge in [-0.25, -0.2) is 4.79 Å². The average molecular weight is 315 g/mol. The lowest BCUT2D eigenvalue weighted by atomic mass is 10.2. The number of rotatable bonds is 6. The zero-order valence-electron chi connectivity index (χ0n) is 13.0. The SMILES string of the molecule is O=c1onc(C=Cc2ccccc2)n1CC(O)CN1CCCC1. The Hall–Kier alpha value is -2.18. The zero-order chi connectivity index (χ0) is 16.1. The average Bonchev–Trinajstić information content (AvgIpc) is 3.18. The Labute approximate surface area is 134 Å². The van der Waals surface area contributed by atoms with E-state index in [-0.39, 0.29) is 6.54 Å². The number of β-amino-alcohol motifs (C(OH)–C–C–N with tert-alkyl or cyclic N) is 1. The van der Waals surface area contributed by atoms with Crippen LogP contribution in [0.3, 0.4) is 0 Å². The van der Waals surface area contributed by atoms with E-state index in [2.05, 4.69) is 10.1 Å². The Morgan fingerprint density at radius 2 is 1.91 bits per heavy atom. The van der Waals surface area contributed by atoms with Crippen molar-refractivity contribution in [1.82, 2.24) is 14.6 Å². The fourth-order valence-electron chi connectivity index (χ4n) is 2.83. The van der Waals surface area contributed by atoms with Gasteiger partial charge in [0.1, 0.15) is 0 Å². The van der Waals surface area contributed by atoms with Crippen molar-refractivity contribution in [2.24, 2.45) is 0 Å². The summed E-state index contributed by atoms with van der Waals surface area (Å²) in [5.74, 6) is -0.127. The van der Waals surface area contributed by atoms with Crippen LogP contribution in [-0.2, 0) is 6.54 Å². The molecule has 2 aromatic rings. The molecule has 1 aliphatic heterocycles. The van der Waals surface area contributed by atoms with Gasteiger partial charge in [-0.15, -0.1) is 0 Å². The summed E-state index contributed by atoms with van der Waals surface area (Å²) < 4.78 is 6.11. The van der Waals surface area contributed by atoms with Crippen molar-refractivity contribution in [3.63, 3.8) is 0 Å². The van der Waals surface area contributed by atoms with E-state index in [1.807, 2.05) is 36.4 Å². The van der Waals surface area contributed by atoms with Gasteiger partial charge < -0.3 is 10.0 Å². The van der Waals surface area contributed by atoms with Crippen molar-refractivity contribution < 1.29 is 9.63 Å². The standard InChI is InChI=1S/C17H21N3O3/c21-15(12-19-10-4-5-11-19)13-20-16(18-23-17(20)22)9-8-14-6-2-1-3-7-14/h1-3,6-9,15,21H,4-5,10-13H2. The van der Waals surface area contributed by atoms with Crippen molar-refractivity contribution >= 4 is 12.2 Å². The summed E-state index contributed by atoms with van der Waals surface area (Å²) in [6.45, 7) is 2.78. The number of nitrogens with zero attached hydrogens (tertiary/aromatic N) is 3. The lowest BCUT2D eigenvalue weighted by Crippen LogP contribution is -2.35. The van der Waals surface area contributed by atoms with E-state index in [0.717, 1.165) is 18.7 Å². The summed E-state index contributed by atoms with van der Waals surface area (Å²) >= 11 is 0. The molecule has 1 aromatic carbocycles. The van der Waals surface area contributed by atoms with Gasteiger partial charge in [-0.05, 0) is 37.6 Å². The highest BCUT2D eigenvalue weighted by Gasteiger charge is 2.18. The fraction of sp³-hybridized carbons (Fsp3) is 0.412. The molecule has 0 spiro atoms. The number of aliphatic hydroxyl groups excluding tert-OH is 1. The number of hydrogen-bond acceptors (Lipinski definition) is 5. The van der Waals surface area contributed by atoms with E-state index >= 15 is 0 Å². The second-order valence-corrected chi connectivity index (χ2v) is 5.82. The van der Waals surface area contributed by atoms with Crippen molar-refractivity contribution in [2.75, 3.05) is 19.6 Å². The third-order valence-electron chi connectivity index (χ3n) is 4.00. The number of hydrogen-bond donors (Lipinski definition) is 1. The molecule has 6 heteroatoms. The van der Waals surface area contributed by atoms with Crippen LogP contribution in [0.2, 0.25) is 0 Å². The molecule has 0 bridgehead atoms. The Morgan fingerprint density at radius 1 is 1.17 bits per heavy atom. The van der Waals surface area contributed by atoms with Crippen LogP contribution < -0.4 is 5.76 Å². The predicted molar refractivity (Wildman–Crippen MR) is 87.8 cm³/mol. The van der Waals surface area contributed by atoms with Crippen LogP contribution in [0, 0.1) is 0 Å². The van der Waals surface area contributed by atoms with Gasteiger partial charge in [-0.1, -0.05) is 41.6 Å². The molecule has 1 unspecified atom stereocenters. The van der Waals surface area contributed by atoms with Crippen LogP contribution in [0.5, 0.6) is 0 Å². The van der Waals surface area contributed by atoms with E-state index in [9.17, 15) is 9.90 Å². The largest absolute Gasteiger partial charge is 0.441 e. The van der Waals surface area contributed by atoms with Crippen LogP contribution in [0.25, 0.3) is 12.2 Å². The molecule has 3 rings (SSSR count). The Morgan fingerprint density at radius 3 is 2.65 bits per heavy atom. The normalized spacial score (nSPS) is 17.1. The third-order valence-corrected chi connectivity index (χ3v) is 4.00. The first-order chi connectivity index (χ1) is 11.2. The van der Waals surface area contributed by atoms with Gasteiger partial charge in [-0.3, -0.25) is 9.09 Å². The molecule has 2 heterocycles. The maximum atomic E-state index is 11.8. The maximum Gasteiger partial charge on any atom is 0.441 e. The number of benzene rings is 1. The monoisotopic (exact) mass is 315 g/mol. The van der Waals surface area contributed by atoms with Crippen molar-refractivity contribution in [2.45, 2.75) is 25.5 Å². The summed E-state index contributed by atoms with van der Waals surface area (Å²) in [7, 11) is 0. The minimum atomic E-state index is -0.617. The quantitative estimate of drug-likeness (QED) is 0.874. The number of likely N-dealkylation sites (tertiary alicyclic amines) is 1. The van der Waals surface area contributed by atoms with Crippen LogP contribution in [0.15, 0.2) is 39.6 Å². The molecule has 122 valence electrons. The second-order valence-electron chi connectivity index (χ2n) is 5.82. The molecule has 23 heavy (non-hydrogen) atoms. The smallest absolute Gasteiger partial charge is 0.390 e. The molecule has 1 atom stereocenters. The Balaban J connectivity index is 1.68. The lowest BCUT2D eigenvalue weighted by molar-refractivity contribution is 0.107. The van der Waals surface area contributed by atoms with Crippen LogP contribution in [0.1, 0.15) is 24.2 Å². The lowest BCUT2D eigenvalue weighted by Gasteiger charge is -2.19. The molecule has 6 nitrogen and oxygen atoms in total. The topological polar surface area (TPSA) is 71.5 Å². The van der Waals surface area contributed by atoms with Crippen LogP contribution in [-0.4, -0.2) is 45.5 Å². The van der Waals surface area contributed by atoms with E-state index in [4.69, 9.17) is 4.52 Å². The minimum Gasteiger partial charge on any atom is -0.390 e. The van der Waals surface area contributed by atoms with E-state index < -0.39 is 11.9 Å². The van der Waals surface area contributed by atoms with Crippen molar-refractivity contribution in [1.29, 1.82) is 0 Å². The first-order valence-electron chi connectivity index (χ1n) is 7.92. The summed E-state index contributed by atoms with van der Waals surface area (Å²) in [5, 5.41) is 14.0. The fourth-order valence-corrected chi connectivity index (χ4v) is 2.83. The molecule has 1 saturated heterocycles. The van der Waals surface area contributed by atoms with Crippen LogP contribution in [0.4, 0.5) is 0 Å². The minimum absolute atomic E-state index is 0.188. The Bertz CT molecular complexity index is 699. The molecule has 0 aliphatic carbocycles. The zero-order valence-corrected chi connectivity index (χ0v) is 13.0. The van der Waals surface area contributed by atoms with Crippen molar-refractivity contribution in [3.05, 3.63) is 52.3 Å². The molecule has 1 N–H and O–H groups in total. The van der Waals surface area contributed by atoms with Gasteiger partial charge in [0.15, 0.2) is 5.82 Å². The second kappa shape index (κ2) is 7.39. The summed E-state index contributed by atoms with van der Waals surface area (Å²) in [4.78, 5) is 14.0. The number of aliphatic hydroxyl groups is 1. The highest BCUT2D eigenvalue weighted by molar-refractivity contribution is 5.66. The van der Waals surface area contributed by atoms with Gasteiger partial charge in [0, 0.05) is 6.54 Å². The predicted octanol–water partition coefficient (Wildman–Crippen LogP) is 1.46. The third kappa shape index (κ3) is 4.18. The first-order valence-corrected chi connectivity index (χ1v) is 7.92. The van der Waals surface area contributed by atoms with E-state index in [0.29, 0.717) is 12.4 Å². The molecule has 1 fully saturated rings. The molecule has 0 radical (unpaired) electrons.